The molecule has 0 heterocycles. The summed E-state index contributed by atoms with van der Waals surface area (Å²) in [5, 5.41) is 0.377. The molecular formula is C13H12Cl2N2O4S2. The maximum absolute atomic E-state index is 12.3. The first-order valence-electron chi connectivity index (χ1n) is 6.16. The highest BCUT2D eigenvalue weighted by Gasteiger charge is 2.17. The van der Waals surface area contributed by atoms with E-state index < -0.39 is 20.0 Å². The first-order valence-corrected chi connectivity index (χ1v) is 9.89. The molecule has 2 N–H and O–H groups in total. The Morgan fingerprint density at radius 2 is 1.30 bits per heavy atom. The van der Waals surface area contributed by atoms with Gasteiger partial charge in [-0.2, -0.15) is 0 Å². The van der Waals surface area contributed by atoms with E-state index in [9.17, 15) is 16.8 Å². The van der Waals surface area contributed by atoms with Crippen LogP contribution < -0.4 is 9.44 Å². The molecule has 0 unspecified atom stereocenters. The van der Waals surface area contributed by atoms with E-state index in [-0.39, 0.29) is 25.5 Å². The van der Waals surface area contributed by atoms with Gasteiger partial charge in [-0.15, -0.1) is 0 Å². The highest BCUT2D eigenvalue weighted by Crippen LogP contribution is 2.24. The minimum absolute atomic E-state index is 0.0220. The van der Waals surface area contributed by atoms with Gasteiger partial charge < -0.3 is 0 Å². The van der Waals surface area contributed by atoms with Gasteiger partial charge in [0.05, 0.1) is 9.79 Å². The lowest BCUT2D eigenvalue weighted by molar-refractivity contribution is 0.588. The van der Waals surface area contributed by atoms with Gasteiger partial charge in [-0.25, -0.2) is 21.6 Å². The van der Waals surface area contributed by atoms with Gasteiger partial charge in [0.25, 0.3) is 10.0 Å². The Morgan fingerprint density at radius 1 is 0.783 bits per heavy atom. The molecule has 0 spiro atoms. The highest BCUT2D eigenvalue weighted by molar-refractivity contribution is 7.92. The minimum Gasteiger partial charge on any atom is -0.280 e. The second-order valence-electron chi connectivity index (χ2n) is 4.44. The molecule has 0 bridgehead atoms. The Balaban J connectivity index is 2.31. The quantitative estimate of drug-likeness (QED) is 0.814. The van der Waals surface area contributed by atoms with Crippen molar-refractivity contribution in [2.45, 2.75) is 9.79 Å². The van der Waals surface area contributed by atoms with E-state index in [1.54, 1.807) is 0 Å². The van der Waals surface area contributed by atoms with Gasteiger partial charge >= 0.3 is 0 Å². The topological polar surface area (TPSA) is 92.3 Å². The number of halogens is 2. The fourth-order valence-electron chi connectivity index (χ4n) is 1.72. The molecule has 23 heavy (non-hydrogen) atoms. The number of rotatable bonds is 5. The molecule has 0 saturated heterocycles. The van der Waals surface area contributed by atoms with E-state index in [1.807, 2.05) is 0 Å². The van der Waals surface area contributed by atoms with E-state index in [0.717, 1.165) is 0 Å². The summed E-state index contributed by atoms with van der Waals surface area (Å²) >= 11 is 11.6. The van der Waals surface area contributed by atoms with Crippen LogP contribution in [0.1, 0.15) is 0 Å². The van der Waals surface area contributed by atoms with Crippen LogP contribution in [0.5, 0.6) is 0 Å². The third kappa shape index (κ3) is 4.36. The van der Waals surface area contributed by atoms with Gasteiger partial charge in [0, 0.05) is 15.7 Å². The molecule has 0 aliphatic rings. The number of sulfonamides is 2. The Hall–Kier alpha value is -1.32. The summed E-state index contributed by atoms with van der Waals surface area (Å²) in [6.07, 6.45) is 0. The van der Waals surface area contributed by atoms with Crippen molar-refractivity contribution < 1.29 is 16.8 Å². The van der Waals surface area contributed by atoms with Crippen LogP contribution in [-0.2, 0) is 20.0 Å². The average molecular weight is 395 g/mol. The van der Waals surface area contributed by atoms with Gasteiger partial charge in [0.2, 0.25) is 10.0 Å². The summed E-state index contributed by atoms with van der Waals surface area (Å²) in [7, 11) is -6.19. The molecule has 2 aromatic carbocycles. The summed E-state index contributed by atoms with van der Waals surface area (Å²) in [4.78, 5) is -0.0735. The maximum Gasteiger partial charge on any atom is 0.261 e. The lowest BCUT2D eigenvalue weighted by atomic mass is 10.3. The Morgan fingerprint density at radius 3 is 1.78 bits per heavy atom. The van der Waals surface area contributed by atoms with Crippen molar-refractivity contribution in [3.63, 3.8) is 0 Å². The molecule has 2 rings (SSSR count). The second kappa shape index (κ2) is 6.66. The molecule has 124 valence electrons. The number of hydrogen-bond acceptors (Lipinski definition) is 4. The standard InChI is InChI=1S/C13H12Cl2N2O4S2/c1-16-22(18,19)12-4-2-11(3-5-12)17-23(20,21)13-7-9(14)6-10(15)8-13/h2-8,16-17H,1H3. The van der Waals surface area contributed by atoms with Crippen LogP contribution in [0.3, 0.4) is 0 Å². The van der Waals surface area contributed by atoms with Crippen LogP contribution in [-0.4, -0.2) is 23.9 Å². The van der Waals surface area contributed by atoms with E-state index >= 15 is 0 Å². The highest BCUT2D eigenvalue weighted by atomic mass is 35.5. The third-order valence-electron chi connectivity index (χ3n) is 2.83. The lowest BCUT2D eigenvalue weighted by Gasteiger charge is -2.10. The fourth-order valence-corrected chi connectivity index (χ4v) is 4.23. The van der Waals surface area contributed by atoms with Gasteiger partial charge in [-0.05, 0) is 49.5 Å². The average Bonchev–Trinajstić information content (AvgIpc) is 2.46. The maximum atomic E-state index is 12.3. The molecule has 0 aliphatic heterocycles. The number of benzene rings is 2. The van der Waals surface area contributed by atoms with Crippen LogP contribution >= 0.6 is 23.2 Å². The largest absolute Gasteiger partial charge is 0.280 e. The SMILES string of the molecule is CNS(=O)(=O)c1ccc(NS(=O)(=O)c2cc(Cl)cc(Cl)c2)cc1. The summed E-state index contributed by atoms with van der Waals surface area (Å²) in [6.45, 7) is 0. The Bertz CT molecular complexity index is 907. The lowest BCUT2D eigenvalue weighted by Crippen LogP contribution is -2.18. The molecule has 0 fully saturated rings. The van der Waals surface area contributed by atoms with Crippen molar-refractivity contribution in [3.8, 4) is 0 Å². The molecule has 0 aromatic heterocycles. The summed E-state index contributed by atoms with van der Waals surface area (Å²) < 4.78 is 52.3. The summed E-state index contributed by atoms with van der Waals surface area (Å²) in [5.74, 6) is 0. The zero-order valence-corrected chi connectivity index (χ0v) is 14.9. The third-order valence-corrected chi connectivity index (χ3v) is 6.06. The molecular weight excluding hydrogens is 383 g/mol. The molecule has 0 aliphatic carbocycles. The van der Waals surface area contributed by atoms with Crippen molar-refractivity contribution >= 4 is 48.9 Å². The van der Waals surface area contributed by atoms with Crippen molar-refractivity contribution in [2.75, 3.05) is 11.8 Å². The normalized spacial score (nSPS) is 12.1. The van der Waals surface area contributed by atoms with Gasteiger partial charge in [-0.3, -0.25) is 4.72 Å². The predicted octanol–water partition coefficient (Wildman–Crippen LogP) is 2.70. The molecule has 0 atom stereocenters. The van der Waals surface area contributed by atoms with Crippen LogP contribution in [0.15, 0.2) is 52.3 Å². The van der Waals surface area contributed by atoms with Crippen LogP contribution in [0.25, 0.3) is 0 Å². The number of hydrogen-bond donors (Lipinski definition) is 2. The predicted molar refractivity (Wildman–Crippen MR) is 90.0 cm³/mol. The Kier molecular flexibility index (Phi) is 5.22. The van der Waals surface area contributed by atoms with Gasteiger partial charge in [0.15, 0.2) is 0 Å². The monoisotopic (exact) mass is 394 g/mol. The Labute approximate surface area is 144 Å². The van der Waals surface area contributed by atoms with E-state index in [1.165, 1.54) is 49.5 Å². The molecule has 10 heteroatoms. The molecule has 6 nitrogen and oxygen atoms in total. The van der Waals surface area contributed by atoms with Crippen LogP contribution in [0.2, 0.25) is 10.0 Å². The van der Waals surface area contributed by atoms with Crippen LogP contribution in [0, 0.1) is 0 Å². The van der Waals surface area contributed by atoms with Crippen molar-refractivity contribution in [2.24, 2.45) is 0 Å². The summed E-state index contributed by atoms with van der Waals surface area (Å²) in [5.41, 5.74) is 0.205. The summed E-state index contributed by atoms with van der Waals surface area (Å²) in [6, 6.07) is 9.19. The van der Waals surface area contributed by atoms with E-state index in [0.29, 0.717) is 0 Å². The van der Waals surface area contributed by atoms with E-state index in [4.69, 9.17) is 23.2 Å². The number of anilines is 1. The van der Waals surface area contributed by atoms with Gasteiger partial charge in [-0.1, -0.05) is 23.2 Å². The molecule has 0 saturated carbocycles. The van der Waals surface area contributed by atoms with Crippen LogP contribution in [0.4, 0.5) is 5.69 Å². The smallest absolute Gasteiger partial charge is 0.261 e. The van der Waals surface area contributed by atoms with Gasteiger partial charge in [0.1, 0.15) is 0 Å². The van der Waals surface area contributed by atoms with Crippen molar-refractivity contribution in [1.29, 1.82) is 0 Å². The zero-order chi connectivity index (χ0) is 17.3. The molecule has 2 aromatic rings. The minimum atomic E-state index is -3.90. The van der Waals surface area contributed by atoms with Crippen molar-refractivity contribution in [1.82, 2.24) is 4.72 Å². The number of nitrogens with one attached hydrogen (secondary N) is 2. The zero-order valence-electron chi connectivity index (χ0n) is 11.7. The fraction of sp³-hybridized carbons (Fsp3) is 0.0769. The molecule has 0 amide bonds. The van der Waals surface area contributed by atoms with E-state index in [2.05, 4.69) is 9.44 Å². The first-order chi connectivity index (χ1) is 10.6. The second-order valence-corrected chi connectivity index (χ2v) is 8.88. The first kappa shape index (κ1) is 18.0. The van der Waals surface area contributed by atoms with Crippen molar-refractivity contribution in [3.05, 3.63) is 52.5 Å². The molecule has 0 radical (unpaired) electrons.